The van der Waals surface area contributed by atoms with Crippen molar-refractivity contribution in [3.8, 4) is 0 Å². The average molecular weight is 283 g/mol. The lowest BCUT2D eigenvalue weighted by atomic mass is 9.62. The number of hydrogen-bond acceptors (Lipinski definition) is 3. The number of nitrogens with zero attached hydrogens (tertiary/aromatic N) is 1. The van der Waals surface area contributed by atoms with Gasteiger partial charge in [0.15, 0.2) is 0 Å². The van der Waals surface area contributed by atoms with Gasteiger partial charge in [0.1, 0.15) is 0 Å². The molecule has 4 nitrogen and oxygen atoms in total. The van der Waals surface area contributed by atoms with Crippen molar-refractivity contribution < 1.29 is 4.79 Å². The van der Waals surface area contributed by atoms with Crippen LogP contribution < -0.4 is 11.1 Å². The minimum Gasteiger partial charge on any atom is -0.392 e. The zero-order valence-electron chi connectivity index (χ0n) is 12.1. The lowest BCUT2D eigenvalue weighted by molar-refractivity contribution is -0.134. The maximum Gasteiger partial charge on any atom is 0.233 e. The van der Waals surface area contributed by atoms with Gasteiger partial charge in [-0.15, -0.1) is 0 Å². The normalized spacial score (nSPS) is 39.4. The third kappa shape index (κ3) is 2.77. The topological polar surface area (TPSA) is 58.4 Å². The van der Waals surface area contributed by atoms with E-state index in [-0.39, 0.29) is 11.9 Å². The smallest absolute Gasteiger partial charge is 0.233 e. The highest BCUT2D eigenvalue weighted by molar-refractivity contribution is 7.80. The molecule has 1 saturated carbocycles. The second-order valence-electron chi connectivity index (χ2n) is 6.48. The first-order valence-corrected chi connectivity index (χ1v) is 7.57. The van der Waals surface area contributed by atoms with Crippen LogP contribution >= 0.6 is 12.2 Å². The lowest BCUT2D eigenvalue weighted by Crippen LogP contribution is -2.59. The van der Waals surface area contributed by atoms with Crippen molar-refractivity contribution in [2.24, 2.45) is 17.1 Å². The van der Waals surface area contributed by atoms with Crippen molar-refractivity contribution in [1.82, 2.24) is 10.2 Å². The molecule has 1 aliphatic heterocycles. The van der Waals surface area contributed by atoms with Crippen LogP contribution in [0.2, 0.25) is 0 Å². The molecule has 1 aliphatic carbocycles. The standard InChI is InChI=1S/C14H25N3OS/c1-9-7-14(8-9,12(15)19)13(18)16-11-4-5-17(3)10(2)6-11/h9-11H,4-8H2,1-3H3,(H2,15,19)(H,16,18). The summed E-state index contributed by atoms with van der Waals surface area (Å²) in [5.41, 5.74) is 5.24. The van der Waals surface area contributed by atoms with Gasteiger partial charge in [0, 0.05) is 18.6 Å². The van der Waals surface area contributed by atoms with E-state index in [1.165, 1.54) is 0 Å². The molecule has 2 fully saturated rings. The number of carbonyl (C=O) groups is 1. The molecule has 19 heavy (non-hydrogen) atoms. The molecule has 0 spiro atoms. The van der Waals surface area contributed by atoms with Crippen LogP contribution in [0.1, 0.15) is 39.5 Å². The Labute approximate surface area is 121 Å². The van der Waals surface area contributed by atoms with Crippen LogP contribution in [-0.2, 0) is 4.79 Å². The minimum absolute atomic E-state index is 0.0554. The zero-order valence-corrected chi connectivity index (χ0v) is 12.9. The molecule has 108 valence electrons. The molecule has 0 radical (unpaired) electrons. The van der Waals surface area contributed by atoms with Gasteiger partial charge in [-0.2, -0.15) is 0 Å². The summed E-state index contributed by atoms with van der Waals surface area (Å²) in [6.45, 7) is 5.37. The van der Waals surface area contributed by atoms with E-state index in [0.717, 1.165) is 32.2 Å². The van der Waals surface area contributed by atoms with Crippen molar-refractivity contribution in [2.75, 3.05) is 13.6 Å². The molecule has 0 aromatic carbocycles. The number of rotatable bonds is 3. The second-order valence-corrected chi connectivity index (χ2v) is 6.92. The highest BCUT2D eigenvalue weighted by Crippen LogP contribution is 2.46. The largest absolute Gasteiger partial charge is 0.392 e. The summed E-state index contributed by atoms with van der Waals surface area (Å²) in [6.07, 6.45) is 3.62. The third-order valence-corrected chi connectivity index (χ3v) is 5.23. The fourth-order valence-electron chi connectivity index (χ4n) is 3.37. The number of nitrogens with two attached hydrogens (primary N) is 1. The first kappa shape index (κ1) is 14.7. The lowest BCUT2D eigenvalue weighted by Gasteiger charge is -2.45. The van der Waals surface area contributed by atoms with Crippen molar-refractivity contribution in [2.45, 2.75) is 51.6 Å². The summed E-state index contributed by atoms with van der Waals surface area (Å²) in [4.78, 5) is 15.2. The van der Waals surface area contributed by atoms with Crippen LogP contribution in [0, 0.1) is 11.3 Å². The quantitative estimate of drug-likeness (QED) is 0.766. The van der Waals surface area contributed by atoms with E-state index in [1.807, 2.05) is 0 Å². The van der Waals surface area contributed by atoms with Crippen molar-refractivity contribution >= 4 is 23.1 Å². The fourth-order valence-corrected chi connectivity index (χ4v) is 3.63. The van der Waals surface area contributed by atoms with Gasteiger partial charge in [-0.1, -0.05) is 19.1 Å². The van der Waals surface area contributed by atoms with Crippen LogP contribution in [0.4, 0.5) is 0 Å². The maximum atomic E-state index is 12.5. The van der Waals surface area contributed by atoms with E-state index in [0.29, 0.717) is 16.9 Å². The SMILES string of the molecule is CC1CC(C(=O)NC2CCN(C)C(C)C2)(C(N)=S)C1. The van der Waals surface area contributed by atoms with E-state index in [4.69, 9.17) is 18.0 Å². The van der Waals surface area contributed by atoms with Crippen LogP contribution in [0.25, 0.3) is 0 Å². The molecule has 2 aliphatic rings. The van der Waals surface area contributed by atoms with Gasteiger partial charge in [-0.3, -0.25) is 4.79 Å². The Hall–Kier alpha value is -0.680. The van der Waals surface area contributed by atoms with Crippen molar-refractivity contribution in [3.05, 3.63) is 0 Å². The molecular weight excluding hydrogens is 258 g/mol. The fraction of sp³-hybridized carbons (Fsp3) is 0.857. The van der Waals surface area contributed by atoms with E-state index in [9.17, 15) is 4.79 Å². The molecular formula is C14H25N3OS. The summed E-state index contributed by atoms with van der Waals surface area (Å²) >= 11 is 5.13. The summed E-state index contributed by atoms with van der Waals surface area (Å²) in [7, 11) is 2.13. The molecule has 2 atom stereocenters. The van der Waals surface area contributed by atoms with Gasteiger partial charge in [0.05, 0.1) is 10.4 Å². The van der Waals surface area contributed by atoms with Crippen LogP contribution in [0.15, 0.2) is 0 Å². The Kier molecular flexibility index (Phi) is 4.16. The predicted octanol–water partition coefficient (Wildman–Crippen LogP) is 1.29. The average Bonchev–Trinajstić information content (AvgIpc) is 2.29. The highest BCUT2D eigenvalue weighted by Gasteiger charge is 2.51. The van der Waals surface area contributed by atoms with Gasteiger partial charge in [-0.05, 0) is 45.6 Å². The molecule has 0 aromatic rings. The number of hydrogen-bond donors (Lipinski definition) is 2. The van der Waals surface area contributed by atoms with Crippen LogP contribution in [0.5, 0.6) is 0 Å². The Bertz CT molecular complexity index is 379. The third-order valence-electron chi connectivity index (χ3n) is 4.84. The summed E-state index contributed by atoms with van der Waals surface area (Å²) in [5, 5.41) is 3.18. The molecule has 2 rings (SSSR count). The Balaban J connectivity index is 1.95. The van der Waals surface area contributed by atoms with E-state index in [1.54, 1.807) is 0 Å². The zero-order chi connectivity index (χ0) is 14.2. The second kappa shape index (κ2) is 5.37. The Morgan fingerprint density at radius 1 is 1.42 bits per heavy atom. The van der Waals surface area contributed by atoms with Gasteiger partial charge >= 0.3 is 0 Å². The number of likely N-dealkylation sites (tertiary alicyclic amines) is 1. The number of amides is 1. The van der Waals surface area contributed by atoms with Crippen LogP contribution in [0.3, 0.4) is 0 Å². The summed E-state index contributed by atoms with van der Waals surface area (Å²) < 4.78 is 0. The summed E-state index contributed by atoms with van der Waals surface area (Å²) in [5.74, 6) is 0.600. The number of carbonyl (C=O) groups excluding carboxylic acids is 1. The molecule has 0 bridgehead atoms. The molecule has 1 saturated heterocycles. The monoisotopic (exact) mass is 283 g/mol. The summed E-state index contributed by atoms with van der Waals surface area (Å²) in [6, 6.07) is 0.779. The van der Waals surface area contributed by atoms with Gasteiger partial charge < -0.3 is 16.0 Å². The van der Waals surface area contributed by atoms with Crippen molar-refractivity contribution in [3.63, 3.8) is 0 Å². The molecule has 1 amide bonds. The molecule has 1 heterocycles. The van der Waals surface area contributed by atoms with Gasteiger partial charge in [0.25, 0.3) is 0 Å². The first-order chi connectivity index (χ1) is 8.85. The highest BCUT2D eigenvalue weighted by atomic mass is 32.1. The molecule has 5 heteroatoms. The molecule has 3 N–H and O–H groups in total. The predicted molar refractivity (Wildman–Crippen MR) is 80.9 cm³/mol. The minimum atomic E-state index is -0.568. The molecule has 0 aromatic heterocycles. The number of thiocarbonyl (C=S) groups is 1. The van der Waals surface area contributed by atoms with Crippen molar-refractivity contribution in [1.29, 1.82) is 0 Å². The van der Waals surface area contributed by atoms with E-state index in [2.05, 4.69) is 31.1 Å². The maximum absolute atomic E-state index is 12.5. The van der Waals surface area contributed by atoms with Gasteiger partial charge in [0.2, 0.25) is 5.91 Å². The number of piperidine rings is 1. The Morgan fingerprint density at radius 3 is 2.53 bits per heavy atom. The van der Waals surface area contributed by atoms with Crippen LogP contribution in [-0.4, -0.2) is 41.5 Å². The number of nitrogens with one attached hydrogen (secondary N) is 1. The van der Waals surface area contributed by atoms with Gasteiger partial charge in [-0.25, -0.2) is 0 Å². The van der Waals surface area contributed by atoms with E-state index < -0.39 is 5.41 Å². The van der Waals surface area contributed by atoms with E-state index >= 15 is 0 Å². The first-order valence-electron chi connectivity index (χ1n) is 7.16. The Morgan fingerprint density at radius 2 is 2.05 bits per heavy atom. The molecule has 2 unspecified atom stereocenters.